The zero-order valence-electron chi connectivity index (χ0n) is 12.4. The van der Waals surface area contributed by atoms with Crippen molar-refractivity contribution in [3.05, 3.63) is 29.8 Å². The van der Waals surface area contributed by atoms with Crippen molar-refractivity contribution in [3.8, 4) is 0 Å². The highest BCUT2D eigenvalue weighted by Crippen LogP contribution is 2.26. The molecule has 1 atom stereocenters. The van der Waals surface area contributed by atoms with Gasteiger partial charge in [0, 0.05) is 30.0 Å². The molecule has 0 amide bonds. The van der Waals surface area contributed by atoms with Gasteiger partial charge in [-0.3, -0.25) is 4.79 Å². The summed E-state index contributed by atoms with van der Waals surface area (Å²) in [7, 11) is -3.15. The molecule has 4 nitrogen and oxygen atoms in total. The number of ketones is 1. The van der Waals surface area contributed by atoms with Crippen LogP contribution < -0.4 is 0 Å². The van der Waals surface area contributed by atoms with Gasteiger partial charge in [0.05, 0.1) is 6.26 Å². The fraction of sp³-hybridized carbons (Fsp3) is 0.533. The lowest BCUT2D eigenvalue weighted by Gasteiger charge is -2.30. The summed E-state index contributed by atoms with van der Waals surface area (Å²) in [6.45, 7) is 1.04. The van der Waals surface area contributed by atoms with Crippen molar-refractivity contribution in [2.24, 2.45) is 5.92 Å². The van der Waals surface area contributed by atoms with Crippen LogP contribution >= 0.6 is 11.8 Å². The van der Waals surface area contributed by atoms with Crippen LogP contribution in [0.5, 0.6) is 0 Å². The van der Waals surface area contributed by atoms with Gasteiger partial charge in [0.15, 0.2) is 5.78 Å². The highest BCUT2D eigenvalue weighted by atomic mass is 32.2. The van der Waals surface area contributed by atoms with Gasteiger partial charge < -0.3 is 0 Å². The van der Waals surface area contributed by atoms with E-state index in [-0.39, 0.29) is 11.7 Å². The fourth-order valence-electron chi connectivity index (χ4n) is 2.74. The maximum absolute atomic E-state index is 12.5. The predicted molar refractivity (Wildman–Crippen MR) is 86.3 cm³/mol. The highest BCUT2D eigenvalue weighted by molar-refractivity contribution is 7.98. The molecule has 0 spiro atoms. The molecule has 0 aromatic heterocycles. The standard InChI is InChI=1S/C15H21NO3S2/c1-20-15-8-4-3-7-13(15)14(17)10-12-6-5-9-16(11-12)21(2,18)19/h3-4,7-8,12H,5-6,9-11H2,1-2H3. The second-order valence-corrected chi connectivity index (χ2v) is 8.29. The molecule has 1 aliphatic rings. The van der Waals surface area contributed by atoms with Gasteiger partial charge in [-0.05, 0) is 31.1 Å². The first kappa shape index (κ1) is 16.5. The molecule has 21 heavy (non-hydrogen) atoms. The van der Waals surface area contributed by atoms with Crippen molar-refractivity contribution in [1.29, 1.82) is 0 Å². The van der Waals surface area contributed by atoms with Gasteiger partial charge in [-0.2, -0.15) is 0 Å². The van der Waals surface area contributed by atoms with Crippen LogP contribution in [-0.4, -0.2) is 44.1 Å². The van der Waals surface area contributed by atoms with Crippen molar-refractivity contribution in [1.82, 2.24) is 4.31 Å². The fourth-order valence-corrected chi connectivity index (χ4v) is 4.30. The number of carbonyl (C=O) groups is 1. The van der Waals surface area contributed by atoms with Crippen LogP contribution in [0.3, 0.4) is 0 Å². The minimum atomic E-state index is -3.15. The molecule has 1 saturated heterocycles. The number of rotatable bonds is 5. The maximum Gasteiger partial charge on any atom is 0.211 e. The Morgan fingerprint density at radius 1 is 1.38 bits per heavy atom. The minimum Gasteiger partial charge on any atom is -0.294 e. The summed E-state index contributed by atoms with van der Waals surface area (Å²) in [6.07, 6.45) is 5.36. The first-order valence-electron chi connectivity index (χ1n) is 7.03. The molecule has 1 aliphatic heterocycles. The van der Waals surface area contributed by atoms with Crippen LogP contribution in [0.2, 0.25) is 0 Å². The smallest absolute Gasteiger partial charge is 0.211 e. The van der Waals surface area contributed by atoms with Gasteiger partial charge in [-0.15, -0.1) is 11.8 Å². The number of Topliss-reactive ketones (excluding diaryl/α,β-unsaturated/α-hetero) is 1. The van der Waals surface area contributed by atoms with Crippen LogP contribution in [0.15, 0.2) is 29.2 Å². The van der Waals surface area contributed by atoms with E-state index < -0.39 is 10.0 Å². The van der Waals surface area contributed by atoms with Gasteiger partial charge in [0.25, 0.3) is 0 Å². The summed E-state index contributed by atoms with van der Waals surface area (Å²) in [5, 5.41) is 0. The Morgan fingerprint density at radius 2 is 2.10 bits per heavy atom. The molecule has 0 N–H and O–H groups in total. The van der Waals surface area contributed by atoms with Crippen molar-refractivity contribution in [3.63, 3.8) is 0 Å². The molecular weight excluding hydrogens is 306 g/mol. The van der Waals surface area contributed by atoms with Crippen molar-refractivity contribution >= 4 is 27.6 Å². The van der Waals surface area contributed by atoms with Crippen LogP contribution in [0.1, 0.15) is 29.6 Å². The number of carbonyl (C=O) groups excluding carboxylic acids is 1. The summed E-state index contributed by atoms with van der Waals surface area (Å²) < 4.78 is 24.7. The molecule has 1 fully saturated rings. The first-order chi connectivity index (χ1) is 9.91. The lowest BCUT2D eigenvalue weighted by atomic mass is 9.92. The third-order valence-corrected chi connectivity index (χ3v) is 5.90. The van der Waals surface area contributed by atoms with E-state index in [1.165, 1.54) is 10.6 Å². The Balaban J connectivity index is 2.06. The van der Waals surface area contributed by atoms with E-state index in [0.717, 1.165) is 23.3 Å². The third-order valence-electron chi connectivity index (χ3n) is 3.83. The van der Waals surface area contributed by atoms with Crippen LogP contribution in [0.4, 0.5) is 0 Å². The molecule has 0 saturated carbocycles. The van der Waals surface area contributed by atoms with Gasteiger partial charge >= 0.3 is 0 Å². The highest BCUT2D eigenvalue weighted by Gasteiger charge is 2.27. The summed E-state index contributed by atoms with van der Waals surface area (Å²) in [4.78, 5) is 13.5. The van der Waals surface area contributed by atoms with E-state index in [9.17, 15) is 13.2 Å². The Bertz CT molecular complexity index is 613. The number of nitrogens with zero attached hydrogens (tertiary/aromatic N) is 1. The van der Waals surface area contributed by atoms with Gasteiger partial charge in [-0.25, -0.2) is 12.7 Å². The van der Waals surface area contributed by atoms with Crippen molar-refractivity contribution in [2.45, 2.75) is 24.2 Å². The Hall–Kier alpha value is -0.850. The zero-order valence-corrected chi connectivity index (χ0v) is 14.0. The molecule has 1 aromatic carbocycles. The van der Waals surface area contributed by atoms with E-state index in [1.807, 2.05) is 30.5 Å². The molecule has 0 bridgehead atoms. The van der Waals surface area contributed by atoms with Gasteiger partial charge in [0.2, 0.25) is 10.0 Å². The first-order valence-corrected chi connectivity index (χ1v) is 10.1. The van der Waals surface area contributed by atoms with E-state index in [0.29, 0.717) is 19.5 Å². The minimum absolute atomic E-state index is 0.111. The average molecular weight is 327 g/mol. The number of thioether (sulfide) groups is 1. The number of piperidine rings is 1. The topological polar surface area (TPSA) is 54.5 Å². The van der Waals surface area contributed by atoms with Gasteiger partial charge in [-0.1, -0.05) is 18.2 Å². The zero-order chi connectivity index (χ0) is 15.5. The van der Waals surface area contributed by atoms with Gasteiger partial charge in [0.1, 0.15) is 0 Å². The molecule has 116 valence electrons. The molecule has 1 unspecified atom stereocenters. The Morgan fingerprint density at radius 3 is 2.76 bits per heavy atom. The average Bonchev–Trinajstić information content (AvgIpc) is 2.46. The lowest BCUT2D eigenvalue weighted by Crippen LogP contribution is -2.39. The van der Waals surface area contributed by atoms with E-state index >= 15 is 0 Å². The second-order valence-electron chi connectivity index (χ2n) is 5.46. The molecule has 0 aliphatic carbocycles. The SMILES string of the molecule is CSc1ccccc1C(=O)CC1CCCN(S(C)(=O)=O)C1. The number of sulfonamides is 1. The summed E-state index contributed by atoms with van der Waals surface area (Å²) in [5.74, 6) is 0.233. The van der Waals surface area contributed by atoms with Crippen LogP contribution in [-0.2, 0) is 10.0 Å². The lowest BCUT2D eigenvalue weighted by molar-refractivity contribution is 0.0939. The second kappa shape index (κ2) is 6.94. The molecule has 6 heteroatoms. The number of hydrogen-bond donors (Lipinski definition) is 0. The predicted octanol–water partition coefficient (Wildman–Crippen LogP) is 2.65. The molecule has 0 radical (unpaired) electrons. The van der Waals surface area contributed by atoms with Crippen LogP contribution in [0, 0.1) is 5.92 Å². The Labute approximate surface area is 131 Å². The monoisotopic (exact) mass is 327 g/mol. The molecular formula is C15H21NO3S2. The largest absolute Gasteiger partial charge is 0.294 e. The molecule has 1 aromatic rings. The number of benzene rings is 1. The maximum atomic E-state index is 12.5. The third kappa shape index (κ3) is 4.31. The molecule has 2 rings (SSSR count). The quantitative estimate of drug-likeness (QED) is 0.616. The normalized spacial score (nSPS) is 20.4. The van der Waals surface area contributed by atoms with E-state index in [2.05, 4.69) is 0 Å². The van der Waals surface area contributed by atoms with E-state index in [4.69, 9.17) is 0 Å². The van der Waals surface area contributed by atoms with Crippen LogP contribution in [0.25, 0.3) is 0 Å². The van der Waals surface area contributed by atoms with Crippen molar-refractivity contribution in [2.75, 3.05) is 25.6 Å². The summed E-state index contributed by atoms with van der Waals surface area (Å²) in [6, 6.07) is 7.60. The number of hydrogen-bond acceptors (Lipinski definition) is 4. The molecule has 1 heterocycles. The summed E-state index contributed by atoms with van der Waals surface area (Å²) >= 11 is 1.56. The van der Waals surface area contributed by atoms with Crippen molar-refractivity contribution < 1.29 is 13.2 Å². The Kier molecular flexibility index (Phi) is 5.46. The van der Waals surface area contributed by atoms with E-state index in [1.54, 1.807) is 11.8 Å². The summed E-state index contributed by atoms with van der Waals surface area (Å²) in [5.41, 5.74) is 0.751.